The molecule has 0 radical (unpaired) electrons. The number of Topliss-reactive ketones (excluding diaryl/α,β-unsaturated/α-hetero) is 1. The molecule has 2 nitrogen and oxygen atoms in total. The Morgan fingerprint density at radius 2 is 1.33 bits per heavy atom. The molecule has 0 aliphatic heterocycles. The van der Waals surface area contributed by atoms with Crippen molar-refractivity contribution < 1.29 is 9.59 Å². The number of hydrogen-bond donors (Lipinski definition) is 0. The fraction of sp³-hybridized carbons (Fsp3) is 0.143. The van der Waals surface area contributed by atoms with Gasteiger partial charge in [0, 0.05) is 11.5 Å². The van der Waals surface area contributed by atoms with Gasteiger partial charge in [0.25, 0.3) is 0 Å². The Kier molecular flexibility index (Phi) is 4.55. The zero-order chi connectivity index (χ0) is 20.6. The molecule has 0 heterocycles. The molecule has 3 atom stereocenters. The van der Waals surface area contributed by atoms with Crippen LogP contribution in [0.4, 0.5) is 0 Å². The maximum atomic E-state index is 14.1. The lowest BCUT2D eigenvalue weighted by atomic mass is 9.54. The van der Waals surface area contributed by atoms with Crippen LogP contribution in [0.3, 0.4) is 0 Å². The molecule has 0 aromatic heterocycles. The van der Waals surface area contributed by atoms with E-state index in [1.54, 1.807) is 6.08 Å². The van der Waals surface area contributed by atoms with Crippen molar-refractivity contribution in [2.75, 3.05) is 0 Å². The Balaban J connectivity index is 1.75. The molecule has 0 N–H and O–H groups in total. The van der Waals surface area contributed by atoms with Gasteiger partial charge < -0.3 is 0 Å². The van der Waals surface area contributed by atoms with Crippen LogP contribution in [0.5, 0.6) is 0 Å². The van der Waals surface area contributed by atoms with E-state index in [2.05, 4.69) is 18.2 Å². The summed E-state index contributed by atoms with van der Waals surface area (Å²) in [5, 5.41) is 0. The minimum Gasteiger partial charge on any atom is -0.294 e. The van der Waals surface area contributed by atoms with Gasteiger partial charge in [0.05, 0.1) is 5.41 Å². The maximum absolute atomic E-state index is 14.1. The fourth-order valence-electron chi connectivity index (χ4n) is 5.10. The lowest BCUT2D eigenvalue weighted by molar-refractivity contribution is -0.129. The third-order valence-electron chi connectivity index (χ3n) is 6.44. The summed E-state index contributed by atoms with van der Waals surface area (Å²) in [5.41, 5.74) is 2.28. The number of fused-ring (bicyclic) bond motifs is 1. The molecule has 2 heteroatoms. The predicted octanol–water partition coefficient (Wildman–Crippen LogP) is 5.52. The van der Waals surface area contributed by atoms with E-state index < -0.39 is 11.3 Å². The Morgan fingerprint density at radius 1 is 0.733 bits per heavy atom. The largest absolute Gasteiger partial charge is 0.294 e. The van der Waals surface area contributed by atoms with Crippen LogP contribution in [0.2, 0.25) is 0 Å². The van der Waals surface area contributed by atoms with E-state index in [9.17, 15) is 9.59 Å². The van der Waals surface area contributed by atoms with Gasteiger partial charge in [0.2, 0.25) is 0 Å². The van der Waals surface area contributed by atoms with Crippen LogP contribution >= 0.6 is 0 Å². The van der Waals surface area contributed by atoms with Gasteiger partial charge in [-0.15, -0.1) is 0 Å². The minimum absolute atomic E-state index is 0.00128. The monoisotopic (exact) mass is 390 g/mol. The van der Waals surface area contributed by atoms with E-state index in [1.807, 2.05) is 84.9 Å². The van der Waals surface area contributed by atoms with E-state index in [-0.39, 0.29) is 17.5 Å². The van der Waals surface area contributed by atoms with Crippen molar-refractivity contribution in [3.8, 4) is 0 Å². The first kappa shape index (κ1) is 18.5. The van der Waals surface area contributed by atoms with Crippen molar-refractivity contribution in [1.82, 2.24) is 0 Å². The van der Waals surface area contributed by atoms with E-state index in [0.717, 1.165) is 23.1 Å². The first-order chi connectivity index (χ1) is 14.7. The second-order valence-corrected chi connectivity index (χ2v) is 8.02. The van der Waals surface area contributed by atoms with Gasteiger partial charge in [-0.3, -0.25) is 9.59 Å². The molecular formula is C28H22O2. The fourth-order valence-corrected chi connectivity index (χ4v) is 5.10. The van der Waals surface area contributed by atoms with Crippen molar-refractivity contribution in [2.45, 2.75) is 17.8 Å². The van der Waals surface area contributed by atoms with E-state index in [4.69, 9.17) is 0 Å². The zero-order valence-corrected chi connectivity index (χ0v) is 16.6. The first-order valence-corrected chi connectivity index (χ1v) is 10.4. The van der Waals surface area contributed by atoms with Crippen LogP contribution in [-0.4, -0.2) is 11.6 Å². The SMILES string of the molecule is O=C1C=C(c2ccccc2)C(=O)[C@]2(c3ccccc3)C=CC[C@H](c3ccccc3)[C@@H]12. The molecule has 146 valence electrons. The van der Waals surface area contributed by atoms with Gasteiger partial charge in [-0.25, -0.2) is 0 Å². The Bertz CT molecular complexity index is 1140. The molecule has 30 heavy (non-hydrogen) atoms. The highest BCUT2D eigenvalue weighted by Crippen LogP contribution is 2.52. The van der Waals surface area contributed by atoms with E-state index in [0.29, 0.717) is 5.57 Å². The molecule has 0 saturated heterocycles. The number of ketones is 2. The van der Waals surface area contributed by atoms with Crippen LogP contribution in [0, 0.1) is 5.92 Å². The smallest absolute Gasteiger partial charge is 0.178 e. The van der Waals surface area contributed by atoms with Gasteiger partial charge >= 0.3 is 0 Å². The average molecular weight is 390 g/mol. The summed E-state index contributed by atoms with van der Waals surface area (Å²) in [6.07, 6.45) is 6.40. The minimum atomic E-state index is -0.989. The van der Waals surface area contributed by atoms with Crippen LogP contribution in [0.15, 0.2) is 109 Å². The molecule has 0 fully saturated rings. The molecule has 2 aliphatic rings. The lowest BCUT2D eigenvalue weighted by Gasteiger charge is -2.46. The van der Waals surface area contributed by atoms with Gasteiger partial charge in [-0.05, 0) is 35.1 Å². The number of benzene rings is 3. The summed E-state index contributed by atoms with van der Waals surface area (Å²) >= 11 is 0. The maximum Gasteiger partial charge on any atom is 0.178 e. The molecule has 0 bridgehead atoms. The highest BCUT2D eigenvalue weighted by atomic mass is 16.1. The van der Waals surface area contributed by atoms with E-state index in [1.165, 1.54) is 0 Å². The second-order valence-electron chi connectivity index (χ2n) is 8.02. The van der Waals surface area contributed by atoms with Gasteiger partial charge in [0.1, 0.15) is 0 Å². The summed E-state index contributed by atoms with van der Waals surface area (Å²) in [5.74, 6) is -0.467. The topological polar surface area (TPSA) is 34.1 Å². The summed E-state index contributed by atoms with van der Waals surface area (Å²) < 4.78 is 0. The van der Waals surface area contributed by atoms with Gasteiger partial charge in [-0.2, -0.15) is 0 Å². The number of hydrogen-bond acceptors (Lipinski definition) is 2. The van der Waals surface area contributed by atoms with Crippen LogP contribution in [0.1, 0.15) is 29.0 Å². The summed E-state index contributed by atoms with van der Waals surface area (Å²) in [6.45, 7) is 0. The number of rotatable bonds is 3. The number of allylic oxidation sites excluding steroid dienone is 4. The molecule has 0 spiro atoms. The van der Waals surface area contributed by atoms with Crippen molar-refractivity contribution in [3.63, 3.8) is 0 Å². The Hall–Kier alpha value is -3.52. The summed E-state index contributed by atoms with van der Waals surface area (Å²) in [4.78, 5) is 27.8. The van der Waals surface area contributed by atoms with Crippen molar-refractivity contribution >= 4 is 17.1 Å². The molecule has 0 saturated carbocycles. The quantitative estimate of drug-likeness (QED) is 0.552. The Labute approximate surface area is 176 Å². The molecule has 0 amide bonds. The zero-order valence-electron chi connectivity index (χ0n) is 16.6. The van der Waals surface area contributed by atoms with Crippen molar-refractivity contribution in [3.05, 3.63) is 126 Å². The Morgan fingerprint density at radius 3 is 2.00 bits per heavy atom. The number of carbonyl (C=O) groups excluding carboxylic acids is 2. The van der Waals surface area contributed by atoms with Crippen LogP contribution in [0.25, 0.3) is 5.57 Å². The highest BCUT2D eigenvalue weighted by Gasteiger charge is 2.55. The summed E-state index contributed by atoms with van der Waals surface area (Å²) in [6, 6.07) is 29.4. The molecule has 0 unspecified atom stereocenters. The average Bonchev–Trinajstić information content (AvgIpc) is 2.82. The molecule has 2 aliphatic carbocycles. The first-order valence-electron chi connectivity index (χ1n) is 10.4. The van der Waals surface area contributed by atoms with Crippen LogP contribution in [-0.2, 0) is 15.0 Å². The second kappa shape index (κ2) is 7.38. The van der Waals surface area contributed by atoms with E-state index >= 15 is 0 Å². The van der Waals surface area contributed by atoms with Crippen LogP contribution < -0.4 is 0 Å². The molecule has 5 rings (SSSR count). The summed E-state index contributed by atoms with van der Waals surface area (Å²) in [7, 11) is 0. The third-order valence-corrected chi connectivity index (χ3v) is 6.44. The van der Waals surface area contributed by atoms with Gasteiger partial charge in [-0.1, -0.05) is 103 Å². The molecule has 3 aromatic carbocycles. The third kappa shape index (κ3) is 2.80. The number of carbonyl (C=O) groups is 2. The van der Waals surface area contributed by atoms with Crippen molar-refractivity contribution in [1.29, 1.82) is 0 Å². The standard InChI is InChI=1S/C28H22O2/c29-25-19-24(21-13-6-2-7-14-21)27(30)28(22-15-8-3-9-16-22)18-10-17-23(26(25)28)20-11-4-1-5-12-20/h1-16,18-19,23,26H,17H2/t23-,26+,28+/m1/s1. The highest BCUT2D eigenvalue weighted by molar-refractivity contribution is 6.33. The van der Waals surface area contributed by atoms with Gasteiger partial charge in [0.15, 0.2) is 11.6 Å². The molecule has 3 aromatic rings. The normalized spacial score (nSPS) is 25.5. The predicted molar refractivity (Wildman–Crippen MR) is 119 cm³/mol. The molecular weight excluding hydrogens is 368 g/mol. The van der Waals surface area contributed by atoms with Crippen molar-refractivity contribution in [2.24, 2.45) is 5.92 Å². The lowest BCUT2D eigenvalue weighted by Crippen LogP contribution is -2.52.